The predicted octanol–water partition coefficient (Wildman–Crippen LogP) is 2.74. The molecular weight excluding hydrogens is 278 g/mol. The molecule has 3 nitrogen and oxygen atoms in total. The van der Waals surface area contributed by atoms with E-state index in [0.717, 1.165) is 16.6 Å². The van der Waals surface area contributed by atoms with Gasteiger partial charge in [0.2, 0.25) is 0 Å². The lowest BCUT2D eigenvalue weighted by Gasteiger charge is -2.15. The monoisotopic (exact) mass is 291 g/mol. The van der Waals surface area contributed by atoms with Gasteiger partial charge < -0.3 is 5.32 Å². The quantitative estimate of drug-likeness (QED) is 0.941. The molecular formula is C13H14BrN3. The molecule has 0 aromatic carbocycles. The average Bonchev–Trinajstić information content (AvgIpc) is 2.39. The largest absolute Gasteiger partial charge is 0.313 e. The summed E-state index contributed by atoms with van der Waals surface area (Å²) in [7, 11) is 1.96. The van der Waals surface area contributed by atoms with Crippen LogP contribution in [0.4, 0.5) is 0 Å². The van der Waals surface area contributed by atoms with Gasteiger partial charge in [0.15, 0.2) is 0 Å². The van der Waals surface area contributed by atoms with Gasteiger partial charge in [0.25, 0.3) is 0 Å². The molecule has 0 amide bonds. The third kappa shape index (κ3) is 3.35. The first-order chi connectivity index (χ1) is 8.29. The molecule has 0 radical (unpaired) electrons. The first-order valence-electron chi connectivity index (χ1n) is 5.47. The van der Waals surface area contributed by atoms with E-state index in [-0.39, 0.29) is 6.04 Å². The molecule has 1 atom stereocenters. The van der Waals surface area contributed by atoms with Crippen molar-refractivity contribution in [2.75, 3.05) is 7.05 Å². The standard InChI is InChI=1S/C13H14BrN3/c1-15-13(10-4-6-16-7-5-10)8-12-3-2-11(14)9-17-12/h2-7,9,13,15H,8H2,1H3. The van der Waals surface area contributed by atoms with Crippen LogP contribution in [0.25, 0.3) is 0 Å². The van der Waals surface area contributed by atoms with Crippen LogP contribution in [0.15, 0.2) is 47.3 Å². The number of halogens is 1. The molecule has 0 aliphatic heterocycles. The minimum Gasteiger partial charge on any atom is -0.313 e. The lowest BCUT2D eigenvalue weighted by molar-refractivity contribution is 0.583. The Balaban J connectivity index is 2.13. The molecule has 2 aromatic rings. The van der Waals surface area contributed by atoms with Crippen molar-refractivity contribution in [1.29, 1.82) is 0 Å². The molecule has 0 fully saturated rings. The number of hydrogen-bond donors (Lipinski definition) is 1. The molecule has 4 heteroatoms. The summed E-state index contributed by atoms with van der Waals surface area (Å²) < 4.78 is 1.01. The van der Waals surface area contributed by atoms with Crippen molar-refractivity contribution in [2.24, 2.45) is 0 Å². The highest BCUT2D eigenvalue weighted by Crippen LogP contribution is 2.17. The summed E-state index contributed by atoms with van der Waals surface area (Å²) in [5.41, 5.74) is 2.30. The fourth-order valence-corrected chi connectivity index (χ4v) is 1.95. The van der Waals surface area contributed by atoms with Crippen LogP contribution in [0.2, 0.25) is 0 Å². The van der Waals surface area contributed by atoms with E-state index < -0.39 is 0 Å². The zero-order valence-corrected chi connectivity index (χ0v) is 11.2. The number of nitrogens with one attached hydrogen (secondary N) is 1. The minimum absolute atomic E-state index is 0.270. The Bertz CT molecular complexity index is 456. The molecule has 1 N–H and O–H groups in total. The Morgan fingerprint density at radius 1 is 1.24 bits per heavy atom. The van der Waals surface area contributed by atoms with Crippen LogP contribution in [0.1, 0.15) is 17.3 Å². The number of hydrogen-bond acceptors (Lipinski definition) is 3. The van der Waals surface area contributed by atoms with Crippen LogP contribution in [-0.4, -0.2) is 17.0 Å². The lowest BCUT2D eigenvalue weighted by atomic mass is 10.0. The predicted molar refractivity (Wildman–Crippen MR) is 71.7 cm³/mol. The number of nitrogens with zero attached hydrogens (tertiary/aromatic N) is 2. The molecule has 88 valence electrons. The summed E-state index contributed by atoms with van der Waals surface area (Å²) in [6.45, 7) is 0. The summed E-state index contributed by atoms with van der Waals surface area (Å²) in [6.07, 6.45) is 6.33. The second-order valence-corrected chi connectivity index (χ2v) is 4.71. The molecule has 2 heterocycles. The minimum atomic E-state index is 0.270. The molecule has 0 saturated carbocycles. The van der Waals surface area contributed by atoms with E-state index in [1.165, 1.54) is 5.56 Å². The van der Waals surface area contributed by atoms with Gasteiger partial charge in [0.1, 0.15) is 0 Å². The van der Waals surface area contributed by atoms with Gasteiger partial charge in [-0.1, -0.05) is 0 Å². The number of likely N-dealkylation sites (N-methyl/N-ethyl adjacent to an activating group) is 1. The Morgan fingerprint density at radius 2 is 2.00 bits per heavy atom. The van der Waals surface area contributed by atoms with Crippen molar-refractivity contribution in [3.05, 3.63) is 58.6 Å². The van der Waals surface area contributed by atoms with Crippen molar-refractivity contribution >= 4 is 15.9 Å². The summed E-state index contributed by atoms with van der Waals surface area (Å²) in [5.74, 6) is 0. The van der Waals surface area contributed by atoms with Crippen LogP contribution in [0.5, 0.6) is 0 Å². The molecule has 0 bridgehead atoms. The number of aromatic nitrogens is 2. The fourth-order valence-electron chi connectivity index (χ4n) is 1.72. The van der Waals surface area contributed by atoms with Crippen molar-refractivity contribution in [3.63, 3.8) is 0 Å². The van der Waals surface area contributed by atoms with Crippen LogP contribution in [0, 0.1) is 0 Å². The zero-order chi connectivity index (χ0) is 12.1. The maximum atomic E-state index is 4.39. The van der Waals surface area contributed by atoms with E-state index in [1.54, 1.807) is 0 Å². The van der Waals surface area contributed by atoms with E-state index in [1.807, 2.05) is 49.9 Å². The maximum Gasteiger partial charge on any atom is 0.0423 e. The van der Waals surface area contributed by atoms with Gasteiger partial charge in [-0.05, 0) is 52.8 Å². The molecule has 17 heavy (non-hydrogen) atoms. The third-order valence-electron chi connectivity index (χ3n) is 2.66. The second-order valence-electron chi connectivity index (χ2n) is 3.79. The summed E-state index contributed by atoms with van der Waals surface area (Å²) in [5, 5.41) is 3.30. The van der Waals surface area contributed by atoms with E-state index in [9.17, 15) is 0 Å². The Hall–Kier alpha value is -1.26. The molecule has 1 unspecified atom stereocenters. The fraction of sp³-hybridized carbons (Fsp3) is 0.231. The zero-order valence-electron chi connectivity index (χ0n) is 9.60. The van der Waals surface area contributed by atoms with E-state index in [0.29, 0.717) is 0 Å². The Kier molecular flexibility index (Phi) is 4.23. The van der Waals surface area contributed by atoms with Gasteiger partial charge in [0.05, 0.1) is 0 Å². The van der Waals surface area contributed by atoms with Gasteiger partial charge in [-0.25, -0.2) is 0 Å². The van der Waals surface area contributed by atoms with E-state index >= 15 is 0 Å². The second kappa shape index (κ2) is 5.89. The topological polar surface area (TPSA) is 37.8 Å². The third-order valence-corrected chi connectivity index (χ3v) is 3.13. The van der Waals surface area contributed by atoms with Crippen LogP contribution >= 0.6 is 15.9 Å². The molecule has 0 aliphatic rings. The van der Waals surface area contributed by atoms with Crippen LogP contribution in [-0.2, 0) is 6.42 Å². The highest BCUT2D eigenvalue weighted by Gasteiger charge is 2.10. The summed E-state index contributed by atoms with van der Waals surface area (Å²) in [4.78, 5) is 8.42. The first-order valence-corrected chi connectivity index (χ1v) is 6.26. The lowest BCUT2D eigenvalue weighted by Crippen LogP contribution is -2.19. The van der Waals surface area contributed by atoms with Gasteiger partial charge in [-0.15, -0.1) is 0 Å². The molecule has 0 saturated heterocycles. The van der Waals surface area contributed by atoms with Gasteiger partial charge in [-0.2, -0.15) is 0 Å². The first kappa shape index (κ1) is 12.2. The number of rotatable bonds is 4. The van der Waals surface area contributed by atoms with Gasteiger partial charge >= 0.3 is 0 Å². The molecule has 2 aromatic heterocycles. The van der Waals surface area contributed by atoms with E-state index in [2.05, 4.69) is 31.2 Å². The average molecular weight is 292 g/mol. The van der Waals surface area contributed by atoms with Crippen molar-refractivity contribution < 1.29 is 0 Å². The SMILES string of the molecule is CNC(Cc1ccc(Br)cn1)c1ccncc1. The Labute approximate surface area is 109 Å². The highest BCUT2D eigenvalue weighted by molar-refractivity contribution is 9.10. The van der Waals surface area contributed by atoms with Crippen molar-refractivity contribution in [3.8, 4) is 0 Å². The van der Waals surface area contributed by atoms with Crippen molar-refractivity contribution in [2.45, 2.75) is 12.5 Å². The van der Waals surface area contributed by atoms with Crippen LogP contribution < -0.4 is 5.32 Å². The Morgan fingerprint density at radius 3 is 2.59 bits per heavy atom. The van der Waals surface area contributed by atoms with Crippen molar-refractivity contribution in [1.82, 2.24) is 15.3 Å². The summed E-state index contributed by atoms with van der Waals surface area (Å²) in [6, 6.07) is 8.38. The molecule has 2 rings (SSSR count). The highest BCUT2D eigenvalue weighted by atomic mass is 79.9. The normalized spacial score (nSPS) is 12.4. The number of pyridine rings is 2. The van der Waals surface area contributed by atoms with Gasteiger partial charge in [-0.3, -0.25) is 9.97 Å². The van der Waals surface area contributed by atoms with Gasteiger partial charge in [0, 0.05) is 41.2 Å². The maximum absolute atomic E-state index is 4.39. The smallest absolute Gasteiger partial charge is 0.0423 e. The molecule has 0 aliphatic carbocycles. The van der Waals surface area contributed by atoms with E-state index in [4.69, 9.17) is 0 Å². The van der Waals surface area contributed by atoms with Crippen LogP contribution in [0.3, 0.4) is 0 Å². The summed E-state index contributed by atoms with van der Waals surface area (Å²) >= 11 is 3.39. The molecule has 0 spiro atoms.